The molecule has 0 aliphatic heterocycles. The number of nitrogen functional groups attached to an aromatic ring is 1. The molecule has 1 atom stereocenters. The Kier molecular flexibility index (Phi) is 7.50. The average molecular weight is 614 g/mol. The van der Waals surface area contributed by atoms with Crippen LogP contribution in [0, 0.1) is 23.1 Å². The number of carbonyl (C=O) groups is 1. The van der Waals surface area contributed by atoms with Gasteiger partial charge in [-0.05, 0) is 77.7 Å². The summed E-state index contributed by atoms with van der Waals surface area (Å²) in [4.78, 5) is 17.6. The summed E-state index contributed by atoms with van der Waals surface area (Å²) in [6.07, 6.45) is 0.178. The Morgan fingerprint density at radius 1 is 1.02 bits per heavy atom. The molecule has 0 spiro atoms. The zero-order valence-electron chi connectivity index (χ0n) is 23.8. The van der Waals surface area contributed by atoms with Crippen molar-refractivity contribution in [1.82, 2.24) is 14.8 Å². The minimum atomic E-state index is -4.86. The second-order valence-electron chi connectivity index (χ2n) is 11.2. The maximum Gasteiger partial charge on any atom is 0.435 e. The maximum absolute atomic E-state index is 15.2. The summed E-state index contributed by atoms with van der Waals surface area (Å²) in [6.45, 7) is 0. The molecule has 3 aromatic carbocycles. The molecule has 0 bridgehead atoms. The van der Waals surface area contributed by atoms with Gasteiger partial charge in [0.25, 0.3) is 5.91 Å². The van der Waals surface area contributed by atoms with Crippen molar-refractivity contribution in [2.45, 2.75) is 37.4 Å². The highest BCUT2D eigenvalue weighted by molar-refractivity contribution is 6.04. The maximum atomic E-state index is 15.2. The molecule has 1 saturated carbocycles. The molecule has 2 aromatic heterocycles. The number of rotatable bonds is 8. The highest BCUT2D eigenvalue weighted by Gasteiger charge is 2.37. The monoisotopic (exact) mass is 613 g/mol. The van der Waals surface area contributed by atoms with Crippen molar-refractivity contribution in [2.24, 2.45) is 11.7 Å². The first kappa shape index (κ1) is 29.8. The molecule has 1 aliphatic carbocycles. The number of nitrogens with zero attached hydrogens (tertiary/aromatic N) is 4. The minimum absolute atomic E-state index is 0.124. The van der Waals surface area contributed by atoms with E-state index in [-0.39, 0.29) is 17.2 Å². The summed E-state index contributed by atoms with van der Waals surface area (Å²) in [6, 6.07) is 19.8. The zero-order valence-corrected chi connectivity index (χ0v) is 23.8. The number of amides is 1. The van der Waals surface area contributed by atoms with Gasteiger partial charge in [-0.25, -0.2) is 14.1 Å². The minimum Gasteiger partial charge on any atom is -0.383 e. The lowest BCUT2D eigenvalue weighted by molar-refractivity contribution is -0.141. The standard InChI is InChI=1S/C33H27F4N7O/c34-26-10-8-23(32(40,13-11-19-1-2-19)22-6-3-20(18-38)4-7-22)15-27(26)42-31(45)28-17-29(33(35,36)37)43-44(28)24-9-5-21-12-14-41-30(39)25(21)16-24/h3-10,12,14-17,19H,1-2,11,13,40H2,(H2,39,41)(H,42,45). The topological polar surface area (TPSA) is 136 Å². The van der Waals surface area contributed by atoms with E-state index < -0.39 is 34.8 Å². The van der Waals surface area contributed by atoms with Gasteiger partial charge in [0.15, 0.2) is 5.69 Å². The Labute approximate surface area is 255 Å². The van der Waals surface area contributed by atoms with E-state index in [0.29, 0.717) is 45.9 Å². The summed E-state index contributed by atoms with van der Waals surface area (Å²) in [5, 5.41) is 16.5. The van der Waals surface area contributed by atoms with Crippen LogP contribution in [0.2, 0.25) is 0 Å². The van der Waals surface area contributed by atoms with Crippen molar-refractivity contribution in [3.8, 4) is 11.8 Å². The predicted molar refractivity (Wildman–Crippen MR) is 161 cm³/mol. The number of benzene rings is 3. The van der Waals surface area contributed by atoms with Gasteiger partial charge in [0, 0.05) is 17.6 Å². The summed E-state index contributed by atoms with van der Waals surface area (Å²) in [7, 11) is 0. The lowest BCUT2D eigenvalue weighted by Gasteiger charge is -2.31. The smallest absolute Gasteiger partial charge is 0.383 e. The lowest BCUT2D eigenvalue weighted by Crippen LogP contribution is -2.38. The molecule has 1 aliphatic rings. The Hall–Kier alpha value is -5.28. The Bertz CT molecular complexity index is 1960. The van der Waals surface area contributed by atoms with Gasteiger partial charge in [-0.15, -0.1) is 0 Å². The van der Waals surface area contributed by atoms with E-state index in [2.05, 4.69) is 21.5 Å². The molecule has 0 saturated heterocycles. The number of fused-ring (bicyclic) bond motifs is 1. The van der Waals surface area contributed by atoms with Crippen molar-refractivity contribution in [3.05, 3.63) is 113 Å². The van der Waals surface area contributed by atoms with Crippen LogP contribution >= 0.6 is 0 Å². The number of halogens is 4. The first-order valence-electron chi connectivity index (χ1n) is 14.2. The molecule has 1 amide bonds. The third kappa shape index (κ3) is 5.94. The molecule has 8 nitrogen and oxygen atoms in total. The van der Waals surface area contributed by atoms with E-state index in [1.807, 2.05) is 0 Å². The Morgan fingerprint density at radius 3 is 2.44 bits per heavy atom. The van der Waals surface area contributed by atoms with Crippen LogP contribution in [0.3, 0.4) is 0 Å². The van der Waals surface area contributed by atoms with Crippen molar-refractivity contribution in [2.75, 3.05) is 11.1 Å². The highest BCUT2D eigenvalue weighted by atomic mass is 19.4. The number of nitriles is 1. The number of nitrogens with two attached hydrogens (primary N) is 2. The van der Waals surface area contributed by atoms with Crippen LogP contribution in [0.25, 0.3) is 16.5 Å². The molecule has 1 fully saturated rings. The van der Waals surface area contributed by atoms with Gasteiger partial charge in [-0.2, -0.15) is 23.5 Å². The summed E-state index contributed by atoms with van der Waals surface area (Å²) >= 11 is 0. The van der Waals surface area contributed by atoms with Gasteiger partial charge in [-0.1, -0.05) is 37.1 Å². The number of alkyl halides is 3. The number of hydrogen-bond donors (Lipinski definition) is 3. The highest BCUT2D eigenvalue weighted by Crippen LogP contribution is 2.41. The van der Waals surface area contributed by atoms with Gasteiger partial charge in [0.1, 0.15) is 17.3 Å². The molecule has 2 heterocycles. The molecule has 45 heavy (non-hydrogen) atoms. The van der Waals surface area contributed by atoms with Crippen molar-refractivity contribution in [1.29, 1.82) is 5.26 Å². The van der Waals surface area contributed by atoms with E-state index in [1.165, 1.54) is 30.5 Å². The van der Waals surface area contributed by atoms with Gasteiger partial charge in [0.05, 0.1) is 28.5 Å². The van der Waals surface area contributed by atoms with E-state index >= 15 is 4.39 Å². The summed E-state index contributed by atoms with van der Waals surface area (Å²) in [5.41, 5.74) is 11.6. The van der Waals surface area contributed by atoms with Gasteiger partial charge < -0.3 is 16.8 Å². The van der Waals surface area contributed by atoms with Gasteiger partial charge in [-0.3, -0.25) is 4.79 Å². The third-order valence-corrected chi connectivity index (χ3v) is 8.16. The number of hydrogen-bond acceptors (Lipinski definition) is 6. The molecular formula is C33H27F4N7O. The molecule has 6 rings (SSSR count). The van der Waals surface area contributed by atoms with Crippen LogP contribution in [0.4, 0.5) is 29.1 Å². The summed E-state index contributed by atoms with van der Waals surface area (Å²) < 4.78 is 57.3. The summed E-state index contributed by atoms with van der Waals surface area (Å²) in [5.74, 6) is -1.14. The number of anilines is 2. The molecule has 12 heteroatoms. The molecule has 5 N–H and O–H groups in total. The van der Waals surface area contributed by atoms with Gasteiger partial charge >= 0.3 is 6.18 Å². The fourth-order valence-corrected chi connectivity index (χ4v) is 5.41. The molecule has 228 valence electrons. The SMILES string of the molecule is N#Cc1ccc(C(N)(CCC2CC2)c2ccc(F)c(NC(=O)c3cc(C(F)(F)F)nn3-c3ccc4ccnc(N)c4c3)c2)cc1. The second kappa shape index (κ2) is 11.3. The normalized spacial score (nSPS) is 14.6. The first-order chi connectivity index (χ1) is 21.5. The van der Waals surface area contributed by atoms with Crippen LogP contribution in [0.1, 0.15) is 58.6 Å². The third-order valence-electron chi connectivity index (χ3n) is 8.16. The van der Waals surface area contributed by atoms with E-state index in [0.717, 1.165) is 30.0 Å². The van der Waals surface area contributed by atoms with Crippen LogP contribution in [-0.4, -0.2) is 20.7 Å². The van der Waals surface area contributed by atoms with Crippen molar-refractivity contribution < 1.29 is 22.4 Å². The number of pyridine rings is 1. The van der Waals surface area contributed by atoms with Crippen LogP contribution in [0.5, 0.6) is 0 Å². The number of carbonyl (C=O) groups excluding carboxylic acids is 1. The quantitative estimate of drug-likeness (QED) is 0.167. The van der Waals surface area contributed by atoms with Crippen LogP contribution in [-0.2, 0) is 11.7 Å². The largest absolute Gasteiger partial charge is 0.435 e. The fourth-order valence-electron chi connectivity index (χ4n) is 5.41. The second-order valence-corrected chi connectivity index (χ2v) is 11.2. The number of aromatic nitrogens is 3. The average Bonchev–Trinajstić information content (AvgIpc) is 3.75. The molecule has 1 unspecified atom stereocenters. The van der Waals surface area contributed by atoms with Crippen molar-refractivity contribution >= 4 is 28.2 Å². The van der Waals surface area contributed by atoms with E-state index in [1.54, 1.807) is 36.4 Å². The van der Waals surface area contributed by atoms with E-state index in [4.69, 9.17) is 11.5 Å². The van der Waals surface area contributed by atoms with Gasteiger partial charge in [0.2, 0.25) is 0 Å². The first-order valence-corrected chi connectivity index (χ1v) is 14.2. The Morgan fingerprint density at radius 2 is 1.76 bits per heavy atom. The number of nitrogens with one attached hydrogen (secondary N) is 1. The zero-order chi connectivity index (χ0) is 31.9. The lowest BCUT2D eigenvalue weighted by atomic mass is 9.79. The van der Waals surface area contributed by atoms with E-state index in [9.17, 15) is 23.2 Å². The van der Waals surface area contributed by atoms with Crippen LogP contribution in [0.15, 0.2) is 79.0 Å². The molecule has 0 radical (unpaired) electrons. The molecular weight excluding hydrogens is 586 g/mol. The predicted octanol–water partition coefficient (Wildman–Crippen LogP) is 6.68. The fraction of sp³-hybridized carbons (Fsp3) is 0.212. The van der Waals surface area contributed by atoms with Crippen molar-refractivity contribution in [3.63, 3.8) is 0 Å². The van der Waals surface area contributed by atoms with Crippen LogP contribution < -0.4 is 16.8 Å². The Balaban J connectivity index is 1.38. The molecule has 5 aromatic rings.